The lowest BCUT2D eigenvalue weighted by Gasteiger charge is -2.07. The van der Waals surface area contributed by atoms with Crippen LogP contribution in [0.5, 0.6) is 0 Å². The number of ether oxygens (including phenoxy) is 2. The maximum absolute atomic E-state index is 5.50. The first-order valence-electron chi connectivity index (χ1n) is 5.28. The van der Waals surface area contributed by atoms with Crippen molar-refractivity contribution in [3.63, 3.8) is 0 Å². The zero-order valence-corrected chi connectivity index (χ0v) is 11.8. The molecule has 0 atom stereocenters. The Balaban J connectivity index is 2.92. The minimum absolute atomic E-state index is 0.502. The van der Waals surface area contributed by atoms with Gasteiger partial charge in [-0.15, -0.1) is 0 Å². The van der Waals surface area contributed by atoms with Crippen LogP contribution in [0.25, 0.3) is 0 Å². The highest BCUT2D eigenvalue weighted by Gasteiger charge is 1.97. The first-order valence-corrected chi connectivity index (χ1v) is 11.5. The number of hydrogen-bond donors (Lipinski definition) is 0. The van der Waals surface area contributed by atoms with E-state index >= 15 is 0 Å². The fourth-order valence-corrected chi connectivity index (χ4v) is 2.18. The van der Waals surface area contributed by atoms with Crippen LogP contribution < -0.4 is 0 Å². The first kappa shape index (κ1) is 13.4. The van der Waals surface area contributed by atoms with Crippen molar-refractivity contribution >= 4 is 17.6 Å². The zero-order chi connectivity index (χ0) is 10.1. The molecule has 0 saturated carbocycles. The van der Waals surface area contributed by atoms with Gasteiger partial charge in [-0.2, -0.15) is 0 Å². The van der Waals surface area contributed by atoms with E-state index in [0.29, 0.717) is 0 Å². The third kappa shape index (κ3) is 12.4. The van der Waals surface area contributed by atoms with E-state index in [-0.39, 0.29) is 0 Å². The Bertz CT molecular complexity index is 95.8. The van der Waals surface area contributed by atoms with Gasteiger partial charge < -0.3 is 9.47 Å². The number of hydrogen-bond acceptors (Lipinski definition) is 2. The molecule has 0 heterocycles. The van der Waals surface area contributed by atoms with Crippen LogP contribution >= 0.6 is 0 Å². The molecule has 0 unspecified atom stereocenters. The molecule has 0 bridgehead atoms. The van der Waals surface area contributed by atoms with Crippen molar-refractivity contribution in [1.82, 2.24) is 0 Å². The van der Waals surface area contributed by atoms with Gasteiger partial charge in [-0.25, -0.2) is 0 Å². The van der Waals surface area contributed by atoms with Gasteiger partial charge in [0, 0.05) is 25.7 Å². The Kier molecular flexibility index (Phi) is 9.17. The van der Waals surface area contributed by atoms with Gasteiger partial charge in [0.2, 0.25) is 0 Å². The summed E-state index contributed by atoms with van der Waals surface area (Å²) in [6, 6.07) is 0. The van der Waals surface area contributed by atoms with Crippen LogP contribution in [0.1, 0.15) is 6.42 Å². The van der Waals surface area contributed by atoms with Gasteiger partial charge in [-0.1, -0.05) is 26.2 Å². The van der Waals surface area contributed by atoms with Crippen LogP contribution in [0.4, 0.5) is 0 Å². The van der Waals surface area contributed by atoms with Crippen molar-refractivity contribution in [1.29, 1.82) is 0 Å². The Morgan fingerprint density at radius 2 is 1.15 bits per heavy atom. The van der Waals surface area contributed by atoms with Crippen molar-refractivity contribution in [2.75, 3.05) is 25.7 Å². The molecule has 0 spiro atoms. The molecule has 0 radical (unpaired) electrons. The maximum atomic E-state index is 5.50. The molecule has 0 aliphatic heterocycles. The van der Waals surface area contributed by atoms with E-state index in [2.05, 4.69) is 26.2 Å². The van der Waals surface area contributed by atoms with Gasteiger partial charge in [0.25, 0.3) is 0 Å². The van der Waals surface area contributed by atoms with Gasteiger partial charge in [0.05, 0.1) is 17.6 Å². The second kappa shape index (κ2) is 8.93. The highest BCUT2D eigenvalue weighted by Crippen LogP contribution is 1.89. The summed E-state index contributed by atoms with van der Waals surface area (Å²) < 4.78 is 11.0. The second-order valence-electron chi connectivity index (χ2n) is 4.29. The van der Waals surface area contributed by atoms with E-state index in [0.717, 1.165) is 32.1 Å². The van der Waals surface area contributed by atoms with Gasteiger partial charge in [0.1, 0.15) is 0 Å². The minimum Gasteiger partial charge on any atom is -0.385 e. The predicted octanol–water partition coefficient (Wildman–Crippen LogP) is 1.46. The van der Waals surface area contributed by atoms with Crippen molar-refractivity contribution < 1.29 is 9.47 Å². The Morgan fingerprint density at radius 1 is 0.769 bits per heavy atom. The van der Waals surface area contributed by atoms with Crippen LogP contribution in [-0.2, 0) is 9.47 Å². The summed E-state index contributed by atoms with van der Waals surface area (Å²) in [5.41, 5.74) is 0. The molecule has 0 aromatic carbocycles. The number of rotatable bonds is 8. The lowest BCUT2D eigenvalue weighted by molar-refractivity contribution is 0.118. The summed E-state index contributed by atoms with van der Waals surface area (Å²) in [6.07, 6.45) is 3.08. The Hall–Kier alpha value is 0.354. The molecule has 80 valence electrons. The average molecular weight is 220 g/mol. The molecule has 13 heavy (non-hydrogen) atoms. The van der Waals surface area contributed by atoms with E-state index < -0.39 is 17.6 Å². The Morgan fingerprint density at radius 3 is 1.46 bits per heavy atom. The van der Waals surface area contributed by atoms with Crippen molar-refractivity contribution in [2.45, 2.75) is 32.6 Å². The van der Waals surface area contributed by atoms with Gasteiger partial charge in [-0.05, 0) is 6.42 Å². The third-order valence-corrected chi connectivity index (χ3v) is 3.28. The predicted molar refractivity (Wildman–Crippen MR) is 64.0 cm³/mol. The second-order valence-corrected chi connectivity index (χ2v) is 10.5. The van der Waals surface area contributed by atoms with Crippen LogP contribution in [0.15, 0.2) is 0 Å². The molecule has 0 saturated heterocycles. The summed E-state index contributed by atoms with van der Waals surface area (Å²) in [5, 5.41) is 0. The SMILES string of the molecule is C[SiH](C)COCCCOC[SiH](C)C. The van der Waals surface area contributed by atoms with E-state index in [1.165, 1.54) is 0 Å². The topological polar surface area (TPSA) is 18.5 Å². The maximum Gasteiger partial charge on any atom is 0.0616 e. The molecular weight excluding hydrogens is 196 g/mol. The summed E-state index contributed by atoms with van der Waals surface area (Å²) in [5.74, 6) is 0. The lowest BCUT2D eigenvalue weighted by Crippen LogP contribution is -2.15. The van der Waals surface area contributed by atoms with E-state index in [4.69, 9.17) is 9.47 Å². The van der Waals surface area contributed by atoms with Crippen molar-refractivity contribution in [2.24, 2.45) is 0 Å². The molecule has 0 aromatic heterocycles. The molecule has 4 heteroatoms. The molecule has 0 rings (SSSR count). The largest absolute Gasteiger partial charge is 0.385 e. The van der Waals surface area contributed by atoms with Gasteiger partial charge in [-0.3, -0.25) is 0 Å². The quantitative estimate of drug-likeness (QED) is 0.455. The monoisotopic (exact) mass is 220 g/mol. The highest BCUT2D eigenvalue weighted by molar-refractivity contribution is 6.55. The molecule has 0 amide bonds. The zero-order valence-electron chi connectivity index (χ0n) is 9.51. The van der Waals surface area contributed by atoms with Gasteiger partial charge >= 0.3 is 0 Å². The van der Waals surface area contributed by atoms with Crippen LogP contribution in [-0.4, -0.2) is 43.3 Å². The Labute approximate surface area is 85.8 Å². The molecular formula is C9H24O2Si2. The summed E-state index contributed by atoms with van der Waals surface area (Å²) >= 11 is 0. The van der Waals surface area contributed by atoms with Crippen LogP contribution in [0.3, 0.4) is 0 Å². The van der Waals surface area contributed by atoms with Crippen molar-refractivity contribution in [3.05, 3.63) is 0 Å². The minimum atomic E-state index is -0.502. The average Bonchev–Trinajstić information content (AvgIpc) is 2.01. The molecule has 0 aromatic rings. The first-order chi connectivity index (χ1) is 6.13. The molecule has 0 N–H and O–H groups in total. The standard InChI is InChI=1S/C9H24O2Si2/c1-12(2)8-10-6-5-7-11-9-13(3)4/h12-13H,5-9H2,1-4H3. The molecule has 2 nitrogen and oxygen atoms in total. The van der Waals surface area contributed by atoms with Crippen LogP contribution in [0.2, 0.25) is 26.2 Å². The van der Waals surface area contributed by atoms with Crippen LogP contribution in [0, 0.1) is 0 Å². The van der Waals surface area contributed by atoms with Crippen molar-refractivity contribution in [3.8, 4) is 0 Å². The summed E-state index contributed by atoms with van der Waals surface area (Å²) in [4.78, 5) is 0. The molecule has 0 fully saturated rings. The fourth-order valence-electron chi connectivity index (χ4n) is 0.901. The van der Waals surface area contributed by atoms with E-state index in [1.807, 2.05) is 0 Å². The lowest BCUT2D eigenvalue weighted by atomic mass is 10.5. The van der Waals surface area contributed by atoms with E-state index in [1.54, 1.807) is 0 Å². The summed E-state index contributed by atoms with van der Waals surface area (Å²) in [6.45, 7) is 11.0. The molecule has 0 aliphatic carbocycles. The summed E-state index contributed by atoms with van der Waals surface area (Å²) in [7, 11) is -1.00. The molecule has 0 aliphatic rings. The smallest absolute Gasteiger partial charge is 0.0616 e. The van der Waals surface area contributed by atoms with E-state index in [9.17, 15) is 0 Å². The third-order valence-electron chi connectivity index (χ3n) is 1.48. The normalized spacial score (nSPS) is 11.5. The fraction of sp³-hybridized carbons (Fsp3) is 1.00. The highest BCUT2D eigenvalue weighted by atomic mass is 28.3. The van der Waals surface area contributed by atoms with Gasteiger partial charge in [0.15, 0.2) is 0 Å².